The van der Waals surface area contributed by atoms with Gasteiger partial charge < -0.3 is 10.4 Å². The van der Waals surface area contributed by atoms with Gasteiger partial charge in [0.2, 0.25) is 5.43 Å². The number of carbonyl (C=O) groups is 2. The van der Waals surface area contributed by atoms with Gasteiger partial charge in [0.25, 0.3) is 5.91 Å². The highest BCUT2D eigenvalue weighted by Crippen LogP contribution is 2.35. The molecule has 1 fully saturated rings. The second-order valence-electron chi connectivity index (χ2n) is 6.30. The van der Waals surface area contributed by atoms with Gasteiger partial charge in [-0.15, -0.1) is 0 Å². The molecule has 0 unspecified atom stereocenters. The molecule has 27 heavy (non-hydrogen) atoms. The molecule has 0 radical (unpaired) electrons. The van der Waals surface area contributed by atoms with E-state index in [2.05, 4.69) is 10.4 Å². The van der Waals surface area contributed by atoms with E-state index < -0.39 is 40.3 Å². The molecule has 1 amide bonds. The van der Waals surface area contributed by atoms with Gasteiger partial charge in [-0.1, -0.05) is 6.07 Å². The van der Waals surface area contributed by atoms with Crippen molar-refractivity contribution in [3.8, 4) is 5.69 Å². The second kappa shape index (κ2) is 6.22. The summed E-state index contributed by atoms with van der Waals surface area (Å²) in [7, 11) is 0. The number of hydrogen-bond donors (Lipinski definition) is 2. The van der Waals surface area contributed by atoms with Gasteiger partial charge in [-0.05, 0) is 38.0 Å². The highest BCUT2D eigenvalue weighted by Gasteiger charge is 2.52. The van der Waals surface area contributed by atoms with Gasteiger partial charge in [-0.25, -0.2) is 9.48 Å². The molecule has 1 aromatic carbocycles. The van der Waals surface area contributed by atoms with Gasteiger partial charge in [-0.3, -0.25) is 9.59 Å². The largest absolute Gasteiger partial charge is 0.480 e. The summed E-state index contributed by atoms with van der Waals surface area (Å²) in [6, 6.07) is 5.31. The molecule has 0 atom stereocenters. The van der Waals surface area contributed by atoms with Crippen molar-refractivity contribution < 1.29 is 27.9 Å². The van der Waals surface area contributed by atoms with Crippen molar-refractivity contribution in [3.05, 3.63) is 57.5 Å². The number of amides is 1. The number of nitrogens with one attached hydrogen (secondary N) is 1. The smallest absolute Gasteiger partial charge is 0.416 e. The monoisotopic (exact) mass is 381 g/mol. The van der Waals surface area contributed by atoms with Gasteiger partial charge in [0.15, 0.2) is 5.69 Å². The maximum absolute atomic E-state index is 12.9. The first-order chi connectivity index (χ1) is 12.5. The predicted octanol–water partition coefficient (Wildman–Crippen LogP) is 1.91. The molecule has 0 aliphatic heterocycles. The number of aromatic nitrogens is 2. The summed E-state index contributed by atoms with van der Waals surface area (Å²) in [5.74, 6) is -2.21. The van der Waals surface area contributed by atoms with Crippen molar-refractivity contribution in [2.24, 2.45) is 0 Å². The Balaban J connectivity index is 2.02. The van der Waals surface area contributed by atoms with Crippen LogP contribution in [0.2, 0.25) is 0 Å². The number of aliphatic carboxylic acids is 1. The number of halogens is 3. The van der Waals surface area contributed by atoms with E-state index in [0.29, 0.717) is 0 Å². The molecule has 3 rings (SSSR count). The summed E-state index contributed by atoms with van der Waals surface area (Å²) in [6.45, 7) is 1.45. The summed E-state index contributed by atoms with van der Waals surface area (Å²) >= 11 is 0. The molecule has 142 valence electrons. The zero-order valence-corrected chi connectivity index (χ0v) is 14.0. The standard InChI is InChI=1S/C17H14F3N3O4/c1-9-7-12(24)13(14(25)21-16(5-6-16)15(26)27)22-23(9)11-4-2-3-10(8-11)17(18,19)20/h2-4,7-8H,5-6H2,1H3,(H,21,25)(H,26,27). The van der Waals surface area contributed by atoms with Crippen LogP contribution in [0.4, 0.5) is 13.2 Å². The third-order valence-corrected chi connectivity index (χ3v) is 4.25. The topological polar surface area (TPSA) is 101 Å². The van der Waals surface area contributed by atoms with E-state index in [1.165, 1.54) is 19.1 Å². The van der Waals surface area contributed by atoms with Crippen LogP contribution in [0.5, 0.6) is 0 Å². The Hall–Kier alpha value is -3.17. The van der Waals surface area contributed by atoms with E-state index in [1.807, 2.05) is 0 Å². The molecule has 2 N–H and O–H groups in total. The number of benzene rings is 1. The molecule has 10 heteroatoms. The van der Waals surface area contributed by atoms with E-state index in [-0.39, 0.29) is 24.2 Å². The van der Waals surface area contributed by atoms with Crippen molar-refractivity contribution >= 4 is 11.9 Å². The molecule has 1 aromatic heterocycles. The lowest BCUT2D eigenvalue weighted by molar-refractivity contribution is -0.140. The van der Waals surface area contributed by atoms with Crippen LogP contribution in [0.1, 0.15) is 34.6 Å². The summed E-state index contributed by atoms with van der Waals surface area (Å²) in [5, 5.41) is 15.3. The zero-order chi connectivity index (χ0) is 20.0. The Bertz CT molecular complexity index is 994. The van der Waals surface area contributed by atoms with Crippen molar-refractivity contribution in [3.63, 3.8) is 0 Å². The quantitative estimate of drug-likeness (QED) is 0.843. The molecule has 1 aliphatic rings. The van der Waals surface area contributed by atoms with Crippen LogP contribution in [-0.4, -0.2) is 32.3 Å². The normalized spacial score (nSPS) is 15.3. The molecule has 0 bridgehead atoms. The summed E-state index contributed by atoms with van der Waals surface area (Å²) in [6.07, 6.45) is -4.12. The number of hydrogen-bond acceptors (Lipinski definition) is 4. The molecule has 1 aliphatic carbocycles. The number of carbonyl (C=O) groups excluding carboxylic acids is 1. The van der Waals surface area contributed by atoms with E-state index >= 15 is 0 Å². The van der Waals surface area contributed by atoms with Crippen LogP contribution in [0.25, 0.3) is 5.69 Å². The van der Waals surface area contributed by atoms with Crippen LogP contribution in [-0.2, 0) is 11.0 Å². The SMILES string of the molecule is Cc1cc(=O)c(C(=O)NC2(C(=O)O)CC2)nn1-c1cccc(C(F)(F)F)c1. The minimum Gasteiger partial charge on any atom is -0.480 e. The highest BCUT2D eigenvalue weighted by molar-refractivity contribution is 5.97. The minimum atomic E-state index is -4.57. The van der Waals surface area contributed by atoms with Gasteiger partial charge in [-0.2, -0.15) is 18.3 Å². The Morgan fingerprint density at radius 1 is 1.26 bits per heavy atom. The number of carboxylic acids is 1. The molecule has 2 aromatic rings. The average molecular weight is 381 g/mol. The van der Waals surface area contributed by atoms with Gasteiger partial charge in [0, 0.05) is 11.8 Å². The third-order valence-electron chi connectivity index (χ3n) is 4.25. The second-order valence-corrected chi connectivity index (χ2v) is 6.30. The van der Waals surface area contributed by atoms with Crippen LogP contribution in [0.15, 0.2) is 35.1 Å². The van der Waals surface area contributed by atoms with E-state index in [0.717, 1.165) is 22.9 Å². The van der Waals surface area contributed by atoms with Crippen LogP contribution < -0.4 is 10.7 Å². The summed E-state index contributed by atoms with van der Waals surface area (Å²) in [4.78, 5) is 35.6. The molecule has 1 saturated carbocycles. The number of rotatable bonds is 4. The maximum Gasteiger partial charge on any atom is 0.416 e. The Morgan fingerprint density at radius 3 is 2.48 bits per heavy atom. The first-order valence-corrected chi connectivity index (χ1v) is 7.88. The highest BCUT2D eigenvalue weighted by atomic mass is 19.4. The van der Waals surface area contributed by atoms with Crippen LogP contribution in [0, 0.1) is 6.92 Å². The molecular formula is C17H14F3N3O4. The van der Waals surface area contributed by atoms with E-state index in [4.69, 9.17) is 5.11 Å². The van der Waals surface area contributed by atoms with Crippen LogP contribution >= 0.6 is 0 Å². The number of carboxylic acid groups (broad SMARTS) is 1. The van der Waals surface area contributed by atoms with Crippen molar-refractivity contribution in [1.29, 1.82) is 0 Å². The van der Waals surface area contributed by atoms with Crippen LogP contribution in [0.3, 0.4) is 0 Å². The third kappa shape index (κ3) is 3.55. The lowest BCUT2D eigenvalue weighted by atomic mass is 10.2. The van der Waals surface area contributed by atoms with Gasteiger partial charge in [0.05, 0.1) is 11.3 Å². The number of aryl methyl sites for hydroxylation is 1. The molecule has 0 saturated heterocycles. The maximum atomic E-state index is 12.9. The summed E-state index contributed by atoms with van der Waals surface area (Å²) < 4.78 is 39.8. The average Bonchev–Trinajstić information content (AvgIpc) is 3.35. The van der Waals surface area contributed by atoms with Crippen molar-refractivity contribution in [2.75, 3.05) is 0 Å². The first kappa shape index (κ1) is 18.6. The first-order valence-electron chi connectivity index (χ1n) is 7.88. The Labute approximate surface area is 150 Å². The van der Waals surface area contributed by atoms with Gasteiger partial charge in [0.1, 0.15) is 5.54 Å². The van der Waals surface area contributed by atoms with Crippen molar-refractivity contribution in [1.82, 2.24) is 15.1 Å². The lowest BCUT2D eigenvalue weighted by Gasteiger charge is -2.15. The Kier molecular flexibility index (Phi) is 4.29. The molecule has 7 nitrogen and oxygen atoms in total. The minimum absolute atomic E-state index is 0.00995. The van der Waals surface area contributed by atoms with E-state index in [1.54, 1.807) is 0 Å². The zero-order valence-electron chi connectivity index (χ0n) is 14.0. The van der Waals surface area contributed by atoms with E-state index in [9.17, 15) is 27.6 Å². The predicted molar refractivity (Wildman–Crippen MR) is 86.6 cm³/mol. The van der Waals surface area contributed by atoms with Crippen molar-refractivity contribution in [2.45, 2.75) is 31.5 Å². The molecule has 1 heterocycles. The fraction of sp³-hybridized carbons (Fsp3) is 0.294. The number of alkyl halides is 3. The summed E-state index contributed by atoms with van der Waals surface area (Å²) in [5.41, 5.74) is -3.45. The number of nitrogens with zero attached hydrogens (tertiary/aromatic N) is 2. The molecule has 0 spiro atoms. The lowest BCUT2D eigenvalue weighted by Crippen LogP contribution is -2.45. The van der Waals surface area contributed by atoms with Gasteiger partial charge >= 0.3 is 12.1 Å². The Morgan fingerprint density at radius 2 is 1.93 bits per heavy atom. The fourth-order valence-corrected chi connectivity index (χ4v) is 2.57. The molecular weight excluding hydrogens is 367 g/mol. The fourth-order valence-electron chi connectivity index (χ4n) is 2.57.